The first-order valence-corrected chi connectivity index (χ1v) is 15.5. The average molecular weight is 586 g/mol. The molecule has 1 heterocycles. The van der Waals surface area contributed by atoms with Crippen LogP contribution in [0.4, 0.5) is 0 Å². The molecular weight excluding hydrogens is 558 g/mol. The van der Waals surface area contributed by atoms with Gasteiger partial charge in [-0.3, -0.25) is 0 Å². The maximum Gasteiger partial charge on any atom is 0.164 e. The van der Waals surface area contributed by atoms with E-state index in [-0.39, 0.29) is 0 Å². The standard InChI is InChI=1S/C43H27N3/c1-3-12-31(13-4-1)41-44-42(32-14-5-2-6-15-32)46-43(45-41)38-20-10-17-30-16-9-19-35(40(30)38)33-22-21-29-24-25-36-34-18-8-7-11-28(34)23-26-37(36)39(29)27-33/h1-27H. The minimum Gasteiger partial charge on any atom is -0.208 e. The molecule has 0 aliphatic heterocycles. The summed E-state index contributed by atoms with van der Waals surface area (Å²) in [6.45, 7) is 0. The number of aromatic nitrogens is 3. The van der Waals surface area contributed by atoms with Gasteiger partial charge in [0.15, 0.2) is 17.5 Å². The third-order valence-corrected chi connectivity index (χ3v) is 8.90. The lowest BCUT2D eigenvalue weighted by Crippen LogP contribution is -2.00. The molecule has 1 aromatic heterocycles. The second-order valence-corrected chi connectivity index (χ2v) is 11.6. The molecule has 0 saturated carbocycles. The van der Waals surface area contributed by atoms with Crippen LogP contribution in [0.1, 0.15) is 0 Å². The Kier molecular flexibility index (Phi) is 6.14. The van der Waals surface area contributed by atoms with Gasteiger partial charge in [0.2, 0.25) is 0 Å². The van der Waals surface area contributed by atoms with Gasteiger partial charge in [-0.1, -0.05) is 158 Å². The number of hydrogen-bond donors (Lipinski definition) is 0. The first-order valence-electron chi connectivity index (χ1n) is 15.5. The molecule has 9 rings (SSSR count). The van der Waals surface area contributed by atoms with Gasteiger partial charge in [-0.15, -0.1) is 0 Å². The van der Waals surface area contributed by atoms with Crippen molar-refractivity contribution < 1.29 is 0 Å². The zero-order chi connectivity index (χ0) is 30.5. The summed E-state index contributed by atoms with van der Waals surface area (Å²) in [5, 5.41) is 9.80. The average Bonchev–Trinajstić information content (AvgIpc) is 3.14. The Morgan fingerprint density at radius 2 is 0.804 bits per heavy atom. The molecule has 0 radical (unpaired) electrons. The summed E-state index contributed by atoms with van der Waals surface area (Å²) < 4.78 is 0. The molecule has 3 heteroatoms. The molecule has 0 aliphatic carbocycles. The molecule has 0 N–H and O–H groups in total. The summed E-state index contributed by atoms with van der Waals surface area (Å²) in [5.41, 5.74) is 5.20. The van der Waals surface area contributed by atoms with Crippen LogP contribution in [0.2, 0.25) is 0 Å². The van der Waals surface area contributed by atoms with Crippen LogP contribution in [0.15, 0.2) is 164 Å². The predicted molar refractivity (Wildman–Crippen MR) is 192 cm³/mol. The molecule has 3 nitrogen and oxygen atoms in total. The maximum atomic E-state index is 5.08. The predicted octanol–water partition coefficient (Wildman–Crippen LogP) is 11.2. The highest BCUT2D eigenvalue weighted by molar-refractivity contribution is 6.18. The smallest absolute Gasteiger partial charge is 0.164 e. The van der Waals surface area contributed by atoms with Gasteiger partial charge in [-0.25, -0.2) is 15.0 Å². The second-order valence-electron chi connectivity index (χ2n) is 11.6. The Labute approximate surface area is 266 Å². The number of nitrogens with zero attached hydrogens (tertiary/aromatic N) is 3. The Morgan fingerprint density at radius 1 is 0.283 bits per heavy atom. The van der Waals surface area contributed by atoms with Crippen molar-refractivity contribution in [2.45, 2.75) is 0 Å². The Bertz CT molecular complexity index is 2510. The van der Waals surface area contributed by atoms with Crippen molar-refractivity contribution in [3.8, 4) is 45.3 Å². The van der Waals surface area contributed by atoms with E-state index in [1.165, 1.54) is 32.3 Å². The van der Waals surface area contributed by atoms with Crippen LogP contribution < -0.4 is 0 Å². The van der Waals surface area contributed by atoms with Gasteiger partial charge in [0.1, 0.15) is 0 Å². The fraction of sp³-hybridized carbons (Fsp3) is 0. The van der Waals surface area contributed by atoms with Crippen LogP contribution in [0.25, 0.3) is 88.4 Å². The minimum absolute atomic E-state index is 0.656. The van der Waals surface area contributed by atoms with E-state index in [2.05, 4.69) is 103 Å². The molecule has 8 aromatic carbocycles. The monoisotopic (exact) mass is 585 g/mol. The van der Waals surface area contributed by atoms with Crippen LogP contribution in [-0.4, -0.2) is 15.0 Å². The summed E-state index contributed by atoms with van der Waals surface area (Å²) in [5.74, 6) is 1.97. The van der Waals surface area contributed by atoms with Crippen LogP contribution in [-0.2, 0) is 0 Å². The fourth-order valence-electron chi connectivity index (χ4n) is 6.68. The Balaban J connectivity index is 1.29. The van der Waals surface area contributed by atoms with E-state index in [0.717, 1.165) is 38.6 Å². The van der Waals surface area contributed by atoms with Crippen LogP contribution in [0, 0.1) is 0 Å². The van der Waals surface area contributed by atoms with E-state index < -0.39 is 0 Å². The number of benzene rings is 8. The van der Waals surface area contributed by atoms with Crippen LogP contribution in [0.5, 0.6) is 0 Å². The van der Waals surface area contributed by atoms with E-state index in [9.17, 15) is 0 Å². The first kappa shape index (κ1) is 26.2. The third kappa shape index (κ3) is 4.41. The molecule has 0 aliphatic rings. The van der Waals surface area contributed by atoms with Gasteiger partial charge in [0.05, 0.1) is 0 Å². The van der Waals surface area contributed by atoms with E-state index in [0.29, 0.717) is 17.5 Å². The van der Waals surface area contributed by atoms with Gasteiger partial charge < -0.3 is 0 Å². The van der Waals surface area contributed by atoms with Crippen molar-refractivity contribution in [1.29, 1.82) is 0 Å². The molecule has 9 aromatic rings. The van der Waals surface area contributed by atoms with Crippen molar-refractivity contribution in [1.82, 2.24) is 15.0 Å². The van der Waals surface area contributed by atoms with E-state index >= 15 is 0 Å². The van der Waals surface area contributed by atoms with Gasteiger partial charge in [-0.05, 0) is 54.9 Å². The van der Waals surface area contributed by atoms with Crippen molar-refractivity contribution in [2.75, 3.05) is 0 Å². The molecule has 0 fully saturated rings. The van der Waals surface area contributed by atoms with Crippen LogP contribution >= 0.6 is 0 Å². The molecule has 0 unspecified atom stereocenters. The molecule has 0 amide bonds. The SMILES string of the molecule is c1ccc(-c2nc(-c3ccccc3)nc(-c3cccc4cccc(-c5ccc6ccc7c8ccccc8ccc7c6c5)c34)n2)cc1. The van der Waals surface area contributed by atoms with E-state index in [1.807, 2.05) is 60.7 Å². The summed E-state index contributed by atoms with van der Waals surface area (Å²) in [6.07, 6.45) is 0. The Morgan fingerprint density at radius 3 is 1.50 bits per heavy atom. The molecule has 0 saturated heterocycles. The number of hydrogen-bond acceptors (Lipinski definition) is 3. The topological polar surface area (TPSA) is 38.7 Å². The summed E-state index contributed by atoms with van der Waals surface area (Å²) in [4.78, 5) is 15.1. The normalized spacial score (nSPS) is 11.5. The molecule has 214 valence electrons. The number of fused-ring (bicyclic) bond motifs is 6. The Hall–Kier alpha value is -6.19. The van der Waals surface area contributed by atoms with Gasteiger partial charge >= 0.3 is 0 Å². The van der Waals surface area contributed by atoms with E-state index in [4.69, 9.17) is 15.0 Å². The maximum absolute atomic E-state index is 5.08. The fourth-order valence-corrected chi connectivity index (χ4v) is 6.68. The van der Waals surface area contributed by atoms with Crippen LogP contribution in [0.3, 0.4) is 0 Å². The zero-order valence-corrected chi connectivity index (χ0v) is 24.9. The highest BCUT2D eigenvalue weighted by Crippen LogP contribution is 2.39. The molecule has 0 atom stereocenters. The highest BCUT2D eigenvalue weighted by Gasteiger charge is 2.17. The van der Waals surface area contributed by atoms with Crippen molar-refractivity contribution in [3.05, 3.63) is 164 Å². The quantitative estimate of drug-likeness (QED) is 0.193. The lowest BCUT2D eigenvalue weighted by molar-refractivity contribution is 1.08. The van der Waals surface area contributed by atoms with Crippen molar-refractivity contribution >= 4 is 43.1 Å². The second kappa shape index (κ2) is 10.8. The highest BCUT2D eigenvalue weighted by atomic mass is 15.0. The lowest BCUT2D eigenvalue weighted by Gasteiger charge is -2.14. The summed E-state index contributed by atoms with van der Waals surface area (Å²) >= 11 is 0. The zero-order valence-electron chi connectivity index (χ0n) is 24.9. The first-order chi connectivity index (χ1) is 22.8. The minimum atomic E-state index is 0.656. The van der Waals surface area contributed by atoms with Gasteiger partial charge in [0.25, 0.3) is 0 Å². The molecule has 46 heavy (non-hydrogen) atoms. The lowest BCUT2D eigenvalue weighted by atomic mass is 9.91. The van der Waals surface area contributed by atoms with Crippen molar-refractivity contribution in [2.24, 2.45) is 0 Å². The number of rotatable bonds is 4. The molecular formula is C43H27N3. The van der Waals surface area contributed by atoms with Crippen molar-refractivity contribution in [3.63, 3.8) is 0 Å². The molecule has 0 bridgehead atoms. The molecule has 0 spiro atoms. The van der Waals surface area contributed by atoms with E-state index in [1.54, 1.807) is 0 Å². The summed E-state index contributed by atoms with van der Waals surface area (Å²) in [6, 6.07) is 57.6. The largest absolute Gasteiger partial charge is 0.208 e. The van der Waals surface area contributed by atoms with Gasteiger partial charge in [-0.2, -0.15) is 0 Å². The third-order valence-electron chi connectivity index (χ3n) is 8.90. The van der Waals surface area contributed by atoms with Gasteiger partial charge in [0, 0.05) is 22.1 Å². The summed E-state index contributed by atoms with van der Waals surface area (Å²) in [7, 11) is 0.